The van der Waals surface area contributed by atoms with Gasteiger partial charge in [-0.2, -0.15) is 0 Å². The van der Waals surface area contributed by atoms with Gasteiger partial charge in [0.2, 0.25) is 0 Å². The van der Waals surface area contributed by atoms with Crippen molar-refractivity contribution >= 4 is 20.0 Å². The summed E-state index contributed by atoms with van der Waals surface area (Å²) in [5.41, 5.74) is -0.295. The zero-order valence-corrected chi connectivity index (χ0v) is 16.7. The molecule has 2 fully saturated rings. The van der Waals surface area contributed by atoms with Crippen molar-refractivity contribution in [2.24, 2.45) is 0 Å². The predicted octanol–water partition coefficient (Wildman–Crippen LogP) is 0.938. The molecule has 0 unspecified atom stereocenters. The summed E-state index contributed by atoms with van der Waals surface area (Å²) in [5, 5.41) is 0. The van der Waals surface area contributed by atoms with E-state index in [9.17, 15) is 0 Å². The molecule has 124 valence electrons. The van der Waals surface area contributed by atoms with Crippen molar-refractivity contribution in [3.63, 3.8) is 0 Å². The first kappa shape index (κ1) is 17.9. The first-order chi connectivity index (χ1) is 9.99. The van der Waals surface area contributed by atoms with Gasteiger partial charge in [0.1, 0.15) is 0 Å². The van der Waals surface area contributed by atoms with E-state index in [1.54, 1.807) is 0 Å². The maximum absolute atomic E-state index is 6.33. The molecule has 0 aliphatic carbocycles. The van der Waals surface area contributed by atoms with Gasteiger partial charge >= 0.3 is 135 Å². The summed E-state index contributed by atoms with van der Waals surface area (Å²) in [4.78, 5) is 4.67. The number of hydrogen-bond donors (Lipinski definition) is 0. The van der Waals surface area contributed by atoms with Crippen LogP contribution >= 0.6 is 0 Å². The summed E-state index contributed by atoms with van der Waals surface area (Å²) >= 11 is -3.86. The Labute approximate surface area is 134 Å². The molecular formula is C14H30N2O4Sn. The summed E-state index contributed by atoms with van der Waals surface area (Å²) in [6, 6.07) is 0. The van der Waals surface area contributed by atoms with Crippen LogP contribution in [0.15, 0.2) is 0 Å². The molecule has 0 N–H and O–H groups in total. The van der Waals surface area contributed by atoms with E-state index in [2.05, 4.69) is 37.5 Å². The van der Waals surface area contributed by atoms with Crippen molar-refractivity contribution in [2.75, 3.05) is 59.1 Å². The molecule has 0 atom stereocenters. The summed E-state index contributed by atoms with van der Waals surface area (Å²) in [6.07, 6.45) is 0. The molecule has 0 bridgehead atoms. The molecule has 1 spiro atoms. The van der Waals surface area contributed by atoms with Gasteiger partial charge in [0, 0.05) is 0 Å². The Hall–Kier alpha value is 0.559. The fraction of sp³-hybridized carbons (Fsp3) is 1.00. The average molecular weight is 409 g/mol. The van der Waals surface area contributed by atoms with E-state index in [-0.39, 0.29) is 5.60 Å². The van der Waals surface area contributed by atoms with Crippen LogP contribution in [0.1, 0.15) is 27.7 Å². The van der Waals surface area contributed by atoms with Crippen molar-refractivity contribution in [2.45, 2.75) is 33.3 Å². The molecule has 0 aromatic carbocycles. The van der Waals surface area contributed by atoms with Gasteiger partial charge in [-0.1, -0.05) is 0 Å². The molecular weight excluding hydrogens is 379 g/mol. The van der Waals surface area contributed by atoms with Crippen LogP contribution in [0.25, 0.3) is 0 Å². The van der Waals surface area contributed by atoms with Crippen LogP contribution < -0.4 is 0 Å². The van der Waals surface area contributed by atoms with E-state index < -0.39 is 20.0 Å². The van der Waals surface area contributed by atoms with Gasteiger partial charge in [0.05, 0.1) is 0 Å². The molecule has 2 aliphatic rings. The monoisotopic (exact) mass is 410 g/mol. The Morgan fingerprint density at radius 2 is 1.33 bits per heavy atom. The minimum atomic E-state index is -3.86. The summed E-state index contributed by atoms with van der Waals surface area (Å²) < 4.78 is 24.5. The maximum atomic E-state index is 6.33. The molecule has 0 amide bonds. The van der Waals surface area contributed by atoms with E-state index >= 15 is 0 Å². The zero-order chi connectivity index (χ0) is 15.3. The van der Waals surface area contributed by atoms with Crippen LogP contribution in [-0.4, -0.2) is 94.5 Å². The summed E-state index contributed by atoms with van der Waals surface area (Å²) in [6.45, 7) is 16.1. The first-order valence-corrected chi connectivity index (χ1v) is 12.7. The molecule has 2 saturated heterocycles. The Balaban J connectivity index is 2.03. The summed E-state index contributed by atoms with van der Waals surface area (Å²) in [7, 11) is 0. The molecule has 0 saturated carbocycles. The average Bonchev–Trinajstić information content (AvgIpc) is 2.39. The third kappa shape index (κ3) is 5.30. The van der Waals surface area contributed by atoms with Crippen molar-refractivity contribution in [1.29, 1.82) is 0 Å². The second kappa shape index (κ2) is 7.90. The fourth-order valence-electron chi connectivity index (χ4n) is 2.80. The first-order valence-electron chi connectivity index (χ1n) is 8.05. The van der Waals surface area contributed by atoms with Gasteiger partial charge in [0.25, 0.3) is 0 Å². The van der Waals surface area contributed by atoms with Gasteiger partial charge in [-0.15, -0.1) is 0 Å². The second-order valence-corrected chi connectivity index (χ2v) is 12.1. The number of rotatable bonds is 2. The molecule has 2 aliphatic heterocycles. The van der Waals surface area contributed by atoms with Crippen LogP contribution in [-0.2, 0) is 12.3 Å². The van der Waals surface area contributed by atoms with Crippen molar-refractivity contribution < 1.29 is 12.3 Å². The van der Waals surface area contributed by atoms with Gasteiger partial charge in [-0.25, -0.2) is 0 Å². The van der Waals surface area contributed by atoms with Crippen LogP contribution in [0, 0.1) is 0 Å². The standard InChI is InChI=1S/C8H17NO2.C6H13NO2.Sn/c1-4-9(5-6-10)7-8(2,3)11;1-2-7(3-5-8)4-6-9;/h4-7H2,1-3H3;2-6H2,1H3;/q2*-2;+4. The van der Waals surface area contributed by atoms with Crippen LogP contribution in [0.5, 0.6) is 0 Å². The Kier molecular flexibility index (Phi) is 6.73. The van der Waals surface area contributed by atoms with E-state index in [0.29, 0.717) is 19.8 Å². The van der Waals surface area contributed by atoms with Crippen molar-refractivity contribution in [3.8, 4) is 0 Å². The van der Waals surface area contributed by atoms with E-state index in [0.717, 1.165) is 39.3 Å². The Bertz CT molecular complexity index is 312. The van der Waals surface area contributed by atoms with E-state index in [1.165, 1.54) is 0 Å². The molecule has 2 rings (SSSR count). The third-order valence-electron chi connectivity index (χ3n) is 3.96. The van der Waals surface area contributed by atoms with Crippen LogP contribution in [0.3, 0.4) is 0 Å². The molecule has 0 aromatic heterocycles. The number of hydrogen-bond acceptors (Lipinski definition) is 6. The summed E-state index contributed by atoms with van der Waals surface area (Å²) in [5.74, 6) is 0. The van der Waals surface area contributed by atoms with Crippen LogP contribution in [0.4, 0.5) is 0 Å². The molecule has 0 radical (unpaired) electrons. The second-order valence-electron chi connectivity index (χ2n) is 6.21. The van der Waals surface area contributed by atoms with Crippen molar-refractivity contribution in [1.82, 2.24) is 9.80 Å². The predicted molar refractivity (Wildman–Crippen MR) is 83.0 cm³/mol. The van der Waals surface area contributed by atoms with Crippen molar-refractivity contribution in [3.05, 3.63) is 0 Å². The number of nitrogens with zero attached hydrogens (tertiary/aromatic N) is 2. The zero-order valence-electron chi connectivity index (χ0n) is 13.9. The van der Waals surface area contributed by atoms with E-state index in [1.807, 2.05) is 0 Å². The number of likely N-dealkylation sites (N-methyl/N-ethyl adjacent to an activating group) is 2. The van der Waals surface area contributed by atoms with Gasteiger partial charge in [-0.3, -0.25) is 0 Å². The van der Waals surface area contributed by atoms with Gasteiger partial charge in [0.15, 0.2) is 0 Å². The molecule has 21 heavy (non-hydrogen) atoms. The van der Waals surface area contributed by atoms with Gasteiger partial charge < -0.3 is 0 Å². The molecule has 2 heterocycles. The van der Waals surface area contributed by atoms with E-state index in [4.69, 9.17) is 12.3 Å². The normalized spacial score (nSPS) is 28.6. The minimum absolute atomic E-state index is 0.295. The van der Waals surface area contributed by atoms with Crippen LogP contribution in [0.2, 0.25) is 0 Å². The quantitative estimate of drug-likeness (QED) is 0.633. The fourth-order valence-corrected chi connectivity index (χ4v) is 9.05. The third-order valence-corrected chi connectivity index (χ3v) is 11.0. The SMILES string of the molecule is CCN1CC[O][Sn]2([O]CC1)[O]CCN(CC)CC(C)(C)[O]2. The Morgan fingerprint density at radius 3 is 1.81 bits per heavy atom. The van der Waals surface area contributed by atoms with Gasteiger partial charge in [-0.05, 0) is 0 Å². The molecule has 0 aromatic rings. The Morgan fingerprint density at radius 1 is 0.857 bits per heavy atom. The molecule has 6 nitrogen and oxygen atoms in total. The topological polar surface area (TPSA) is 43.4 Å². The molecule has 7 heteroatoms.